The van der Waals surface area contributed by atoms with Crippen LogP contribution in [0.1, 0.15) is 26.3 Å². The maximum atomic E-state index is 11.6. The van der Waals surface area contributed by atoms with Crippen LogP contribution in [-0.2, 0) is 4.74 Å². The van der Waals surface area contributed by atoms with Crippen LogP contribution in [0.3, 0.4) is 0 Å². The fraction of sp³-hybridized carbons (Fsp3) is 0.615. The van der Waals surface area contributed by atoms with Crippen molar-refractivity contribution < 1.29 is 9.53 Å². The largest absolute Gasteiger partial charge is 0.444 e. The summed E-state index contributed by atoms with van der Waals surface area (Å²) in [6, 6.07) is 0.0970. The fourth-order valence-corrected chi connectivity index (χ4v) is 1.76. The first-order chi connectivity index (χ1) is 8.83. The van der Waals surface area contributed by atoms with Crippen LogP contribution in [-0.4, -0.2) is 40.8 Å². The van der Waals surface area contributed by atoms with Gasteiger partial charge in [-0.15, -0.1) is 0 Å². The van der Waals surface area contributed by atoms with Crippen molar-refractivity contribution in [3.8, 4) is 0 Å². The number of alkyl carbamates (subject to hydrolysis) is 1. The third-order valence-corrected chi connectivity index (χ3v) is 2.65. The van der Waals surface area contributed by atoms with E-state index in [-0.39, 0.29) is 12.1 Å². The number of aryl methyl sites for hydroxylation is 1. The zero-order valence-corrected chi connectivity index (χ0v) is 11.8. The highest BCUT2D eigenvalue weighted by molar-refractivity contribution is 5.68. The van der Waals surface area contributed by atoms with Crippen molar-refractivity contribution in [2.75, 3.05) is 18.0 Å². The van der Waals surface area contributed by atoms with Gasteiger partial charge < -0.3 is 15.0 Å². The quantitative estimate of drug-likeness (QED) is 0.876. The molecule has 2 rings (SSSR count). The maximum Gasteiger partial charge on any atom is 0.407 e. The van der Waals surface area contributed by atoms with Crippen LogP contribution < -0.4 is 10.2 Å². The molecule has 1 aromatic heterocycles. The lowest BCUT2D eigenvalue weighted by Gasteiger charge is -2.39. The lowest BCUT2D eigenvalue weighted by molar-refractivity contribution is 0.0495. The number of carbonyl (C=O) groups is 1. The molecule has 1 N–H and O–H groups in total. The molecule has 1 aliphatic heterocycles. The molecule has 2 heterocycles. The Kier molecular flexibility index (Phi) is 3.59. The van der Waals surface area contributed by atoms with Crippen molar-refractivity contribution in [3.63, 3.8) is 0 Å². The molecule has 1 aromatic rings. The van der Waals surface area contributed by atoms with Crippen molar-refractivity contribution in [2.24, 2.45) is 0 Å². The number of hydrogen-bond donors (Lipinski definition) is 1. The number of nitrogens with one attached hydrogen (secondary N) is 1. The molecule has 6 heteroatoms. The second-order valence-electron chi connectivity index (χ2n) is 5.81. The monoisotopic (exact) mass is 264 g/mol. The Hall–Kier alpha value is -1.85. The van der Waals surface area contributed by atoms with Crippen LogP contribution in [0.4, 0.5) is 10.7 Å². The summed E-state index contributed by atoms with van der Waals surface area (Å²) in [5, 5.41) is 2.83. The van der Waals surface area contributed by atoms with Gasteiger partial charge in [0, 0.05) is 25.5 Å². The zero-order valence-electron chi connectivity index (χ0n) is 11.8. The van der Waals surface area contributed by atoms with E-state index >= 15 is 0 Å². The van der Waals surface area contributed by atoms with Crippen LogP contribution in [0, 0.1) is 6.92 Å². The van der Waals surface area contributed by atoms with Crippen molar-refractivity contribution in [1.82, 2.24) is 15.3 Å². The van der Waals surface area contributed by atoms with Gasteiger partial charge >= 0.3 is 6.09 Å². The average molecular weight is 264 g/mol. The number of aromatic nitrogens is 2. The third-order valence-electron chi connectivity index (χ3n) is 2.65. The molecular formula is C13H20N4O2. The summed E-state index contributed by atoms with van der Waals surface area (Å²) in [4.78, 5) is 22.1. The van der Waals surface area contributed by atoms with Crippen LogP contribution in [0.25, 0.3) is 0 Å². The normalized spacial score (nSPS) is 15.9. The molecule has 19 heavy (non-hydrogen) atoms. The van der Waals surface area contributed by atoms with Gasteiger partial charge in [0.1, 0.15) is 5.60 Å². The molecule has 0 unspecified atom stereocenters. The smallest absolute Gasteiger partial charge is 0.407 e. The first-order valence-electron chi connectivity index (χ1n) is 6.36. The van der Waals surface area contributed by atoms with Gasteiger partial charge in [0.15, 0.2) is 0 Å². The van der Waals surface area contributed by atoms with Crippen molar-refractivity contribution in [1.29, 1.82) is 0 Å². The van der Waals surface area contributed by atoms with E-state index in [1.165, 1.54) is 0 Å². The summed E-state index contributed by atoms with van der Waals surface area (Å²) in [6.45, 7) is 8.91. The minimum atomic E-state index is -0.465. The Balaban J connectivity index is 1.77. The second kappa shape index (κ2) is 5.03. The number of amides is 1. The Morgan fingerprint density at radius 2 is 1.95 bits per heavy atom. The highest BCUT2D eigenvalue weighted by Gasteiger charge is 2.31. The van der Waals surface area contributed by atoms with E-state index < -0.39 is 5.60 Å². The highest BCUT2D eigenvalue weighted by atomic mass is 16.6. The standard InChI is InChI=1S/C13H20N4O2/c1-9-5-14-11(15-6-9)17-7-10(8-17)16-12(18)19-13(2,3)4/h5-6,10H,7-8H2,1-4H3,(H,16,18). The molecule has 1 fully saturated rings. The highest BCUT2D eigenvalue weighted by Crippen LogP contribution is 2.16. The summed E-state index contributed by atoms with van der Waals surface area (Å²) in [5.74, 6) is 0.702. The molecule has 1 amide bonds. The molecule has 104 valence electrons. The summed E-state index contributed by atoms with van der Waals surface area (Å²) in [7, 11) is 0. The van der Waals surface area contributed by atoms with Crippen LogP contribution in [0.5, 0.6) is 0 Å². The molecule has 0 aliphatic carbocycles. The molecule has 1 saturated heterocycles. The topological polar surface area (TPSA) is 67.4 Å². The molecule has 0 radical (unpaired) electrons. The van der Waals surface area contributed by atoms with E-state index in [0.29, 0.717) is 19.0 Å². The Bertz CT molecular complexity index is 447. The summed E-state index contributed by atoms with van der Waals surface area (Å²) in [6.07, 6.45) is 3.20. The molecule has 0 atom stereocenters. The minimum Gasteiger partial charge on any atom is -0.444 e. The number of carbonyl (C=O) groups excluding carboxylic acids is 1. The van der Waals surface area contributed by atoms with Gasteiger partial charge in [-0.1, -0.05) is 0 Å². The first-order valence-corrected chi connectivity index (χ1v) is 6.36. The van der Waals surface area contributed by atoms with Gasteiger partial charge in [-0.25, -0.2) is 14.8 Å². The van der Waals surface area contributed by atoms with Gasteiger partial charge in [-0.3, -0.25) is 0 Å². The van der Waals surface area contributed by atoms with Crippen molar-refractivity contribution in [2.45, 2.75) is 39.3 Å². The van der Waals surface area contributed by atoms with Gasteiger partial charge in [0.05, 0.1) is 6.04 Å². The lowest BCUT2D eigenvalue weighted by atomic mass is 10.1. The Labute approximate surface area is 113 Å². The Morgan fingerprint density at radius 3 is 2.47 bits per heavy atom. The van der Waals surface area contributed by atoms with Crippen LogP contribution in [0.15, 0.2) is 12.4 Å². The first kappa shape index (κ1) is 13.6. The number of anilines is 1. The number of nitrogens with zero attached hydrogens (tertiary/aromatic N) is 3. The predicted octanol–water partition coefficient (Wildman–Crippen LogP) is 1.50. The summed E-state index contributed by atoms with van der Waals surface area (Å²) < 4.78 is 5.20. The average Bonchev–Trinajstić information content (AvgIpc) is 2.22. The Morgan fingerprint density at radius 1 is 1.37 bits per heavy atom. The molecule has 1 aliphatic rings. The molecule has 0 aromatic carbocycles. The molecule has 0 saturated carbocycles. The molecule has 6 nitrogen and oxygen atoms in total. The number of hydrogen-bond acceptors (Lipinski definition) is 5. The maximum absolute atomic E-state index is 11.6. The van der Waals surface area contributed by atoms with Gasteiger partial charge in [0.2, 0.25) is 5.95 Å². The van der Waals surface area contributed by atoms with Gasteiger partial charge in [-0.05, 0) is 33.3 Å². The lowest BCUT2D eigenvalue weighted by Crippen LogP contribution is -2.60. The summed E-state index contributed by atoms with van der Waals surface area (Å²) in [5.41, 5.74) is 0.570. The van der Waals surface area contributed by atoms with E-state index in [0.717, 1.165) is 5.56 Å². The third kappa shape index (κ3) is 3.81. The molecular weight excluding hydrogens is 244 g/mol. The van der Waals surface area contributed by atoms with Crippen LogP contribution >= 0.6 is 0 Å². The van der Waals surface area contributed by atoms with Crippen molar-refractivity contribution >= 4 is 12.0 Å². The van der Waals surface area contributed by atoms with Crippen molar-refractivity contribution in [3.05, 3.63) is 18.0 Å². The van der Waals surface area contributed by atoms with E-state index in [4.69, 9.17) is 4.74 Å². The summed E-state index contributed by atoms with van der Waals surface area (Å²) >= 11 is 0. The zero-order chi connectivity index (χ0) is 14.0. The second-order valence-corrected chi connectivity index (χ2v) is 5.81. The SMILES string of the molecule is Cc1cnc(N2CC(NC(=O)OC(C)(C)C)C2)nc1. The van der Waals surface area contributed by atoms with Gasteiger partial charge in [0.25, 0.3) is 0 Å². The molecule has 0 bridgehead atoms. The van der Waals surface area contributed by atoms with E-state index in [9.17, 15) is 4.79 Å². The van der Waals surface area contributed by atoms with Gasteiger partial charge in [-0.2, -0.15) is 0 Å². The fourth-order valence-electron chi connectivity index (χ4n) is 1.76. The number of ether oxygens (including phenoxy) is 1. The predicted molar refractivity (Wildman–Crippen MR) is 72.1 cm³/mol. The minimum absolute atomic E-state index is 0.0970. The molecule has 0 spiro atoms. The van der Waals surface area contributed by atoms with E-state index in [2.05, 4.69) is 15.3 Å². The number of rotatable bonds is 2. The van der Waals surface area contributed by atoms with E-state index in [1.807, 2.05) is 32.6 Å². The van der Waals surface area contributed by atoms with Crippen LogP contribution in [0.2, 0.25) is 0 Å². The van der Waals surface area contributed by atoms with E-state index in [1.54, 1.807) is 12.4 Å².